The van der Waals surface area contributed by atoms with Crippen LogP contribution in [0.25, 0.3) is 0 Å². The van der Waals surface area contributed by atoms with Crippen LogP contribution in [0.2, 0.25) is 0 Å². The first-order valence-electron chi connectivity index (χ1n) is 8.59. The molecule has 1 saturated heterocycles. The third-order valence-electron chi connectivity index (χ3n) is 4.45. The topological polar surface area (TPSA) is 186 Å². The molecule has 2 aromatic heterocycles. The summed E-state index contributed by atoms with van der Waals surface area (Å²) in [5.74, 6) is -3.15. The molecule has 0 aliphatic carbocycles. The normalized spacial score (nSPS) is 20.3. The summed E-state index contributed by atoms with van der Waals surface area (Å²) >= 11 is 3.57. The molecule has 1 unspecified atom stereocenters. The van der Waals surface area contributed by atoms with Crippen molar-refractivity contribution in [3.63, 3.8) is 0 Å². The van der Waals surface area contributed by atoms with Crippen LogP contribution in [0.3, 0.4) is 0 Å². The zero-order valence-corrected chi connectivity index (χ0v) is 18.2. The Hall–Kier alpha value is -2.98. The van der Waals surface area contributed by atoms with Gasteiger partial charge in [0.15, 0.2) is 5.13 Å². The predicted molar refractivity (Wildman–Crippen MR) is 110 cm³/mol. The number of nitrogens with one attached hydrogen (secondary N) is 1. The van der Waals surface area contributed by atoms with Gasteiger partial charge in [-0.3, -0.25) is 19.3 Å². The standard InChI is InChI=1S/C15H14N8O5S3/c1-22-15(19-20-21-22)31-3-5-2-29-12-7(11(26)23(12)8(5)13(27)28)18-10(25)9(24)6-4-30-14(16)17-6/h4,7,12H,2-3H2,1H3,(H2,16,17)(H,18,25)(H,27,28)/t7?,12-/m1/s1. The number of aliphatic carboxylic acids is 1. The largest absolute Gasteiger partial charge is 0.477 e. The number of carboxylic acid groups (broad SMARTS) is 1. The molecule has 31 heavy (non-hydrogen) atoms. The van der Waals surface area contributed by atoms with Crippen molar-refractivity contribution in [3.8, 4) is 0 Å². The third kappa shape index (κ3) is 3.88. The Morgan fingerprint density at radius 3 is 2.81 bits per heavy atom. The Bertz CT molecular complexity index is 1130. The summed E-state index contributed by atoms with van der Waals surface area (Å²) in [6.45, 7) is 0. The van der Waals surface area contributed by atoms with Gasteiger partial charge in [0.05, 0.1) is 0 Å². The average Bonchev–Trinajstić information content (AvgIpc) is 3.36. The van der Waals surface area contributed by atoms with E-state index >= 15 is 0 Å². The minimum Gasteiger partial charge on any atom is -0.477 e. The van der Waals surface area contributed by atoms with E-state index in [-0.39, 0.29) is 22.3 Å². The van der Waals surface area contributed by atoms with Gasteiger partial charge in [-0.25, -0.2) is 14.5 Å². The fourth-order valence-electron chi connectivity index (χ4n) is 3.00. The number of thioether (sulfide) groups is 2. The van der Waals surface area contributed by atoms with Crippen LogP contribution in [0, 0.1) is 0 Å². The van der Waals surface area contributed by atoms with Crippen molar-refractivity contribution in [2.45, 2.75) is 16.6 Å². The maximum atomic E-state index is 12.7. The van der Waals surface area contributed by atoms with Crippen LogP contribution in [-0.2, 0) is 21.4 Å². The maximum absolute atomic E-state index is 12.7. The molecule has 0 bridgehead atoms. The summed E-state index contributed by atoms with van der Waals surface area (Å²) in [5, 5.41) is 24.5. The van der Waals surface area contributed by atoms with E-state index in [0.717, 1.165) is 16.2 Å². The monoisotopic (exact) mass is 482 g/mol. The Morgan fingerprint density at radius 2 is 2.19 bits per heavy atom. The van der Waals surface area contributed by atoms with Gasteiger partial charge in [0, 0.05) is 23.9 Å². The van der Waals surface area contributed by atoms with Gasteiger partial charge < -0.3 is 16.2 Å². The number of rotatable bonds is 7. The minimum absolute atomic E-state index is 0.108. The molecule has 1 fully saturated rings. The smallest absolute Gasteiger partial charge is 0.352 e. The van der Waals surface area contributed by atoms with Crippen molar-refractivity contribution in [3.05, 3.63) is 22.3 Å². The zero-order chi connectivity index (χ0) is 22.3. The van der Waals surface area contributed by atoms with Gasteiger partial charge in [-0.15, -0.1) is 28.2 Å². The fraction of sp³-hybridized carbons (Fsp3) is 0.333. The van der Waals surface area contributed by atoms with Gasteiger partial charge >= 0.3 is 5.97 Å². The Morgan fingerprint density at radius 1 is 1.42 bits per heavy atom. The molecule has 162 valence electrons. The van der Waals surface area contributed by atoms with Crippen LogP contribution >= 0.6 is 34.9 Å². The quantitative estimate of drug-likeness (QED) is 0.189. The second-order valence-electron chi connectivity index (χ2n) is 6.39. The lowest BCUT2D eigenvalue weighted by atomic mass is 10.0. The van der Waals surface area contributed by atoms with Crippen LogP contribution in [0.5, 0.6) is 0 Å². The highest BCUT2D eigenvalue weighted by molar-refractivity contribution is 8.01. The lowest BCUT2D eigenvalue weighted by Crippen LogP contribution is -2.71. The maximum Gasteiger partial charge on any atom is 0.352 e. The van der Waals surface area contributed by atoms with Crippen molar-refractivity contribution < 1.29 is 24.3 Å². The van der Waals surface area contributed by atoms with Crippen molar-refractivity contribution in [2.24, 2.45) is 7.05 Å². The molecule has 0 saturated carbocycles. The molecule has 2 atom stereocenters. The molecular weight excluding hydrogens is 468 g/mol. The zero-order valence-electron chi connectivity index (χ0n) is 15.7. The lowest BCUT2D eigenvalue weighted by molar-refractivity contribution is -0.150. The number of amides is 2. The summed E-state index contributed by atoms with van der Waals surface area (Å²) in [6, 6.07) is -1.01. The van der Waals surface area contributed by atoms with E-state index in [2.05, 4.69) is 25.8 Å². The van der Waals surface area contributed by atoms with Crippen molar-refractivity contribution >= 4 is 63.6 Å². The molecule has 2 aromatic rings. The number of thiazole rings is 1. The number of anilines is 1. The number of carbonyl (C=O) groups is 4. The number of carbonyl (C=O) groups excluding carboxylic acids is 3. The third-order valence-corrected chi connectivity index (χ3v) is 7.56. The van der Waals surface area contributed by atoms with Gasteiger partial charge in [0.1, 0.15) is 22.8 Å². The number of carboxylic acids is 1. The highest BCUT2D eigenvalue weighted by atomic mass is 32.2. The molecule has 4 N–H and O–H groups in total. The molecule has 4 rings (SSSR count). The summed E-state index contributed by atoms with van der Waals surface area (Å²) in [6.07, 6.45) is 0. The second kappa shape index (κ2) is 8.27. The van der Waals surface area contributed by atoms with Crippen molar-refractivity contribution in [1.29, 1.82) is 0 Å². The van der Waals surface area contributed by atoms with Crippen LogP contribution in [0.15, 0.2) is 21.8 Å². The number of aryl methyl sites for hydroxylation is 1. The summed E-state index contributed by atoms with van der Waals surface area (Å²) < 4.78 is 1.46. The molecule has 0 spiro atoms. The Kier molecular flexibility index (Phi) is 5.67. The van der Waals surface area contributed by atoms with Crippen LogP contribution in [0.1, 0.15) is 10.5 Å². The molecule has 2 aliphatic heterocycles. The van der Waals surface area contributed by atoms with E-state index in [1.165, 1.54) is 33.6 Å². The number of hydrogen-bond acceptors (Lipinski definition) is 12. The van der Waals surface area contributed by atoms with E-state index < -0.39 is 35.0 Å². The number of nitrogen functional groups attached to an aromatic ring is 1. The van der Waals surface area contributed by atoms with Crippen molar-refractivity contribution in [1.82, 2.24) is 35.4 Å². The second-order valence-corrected chi connectivity index (χ2v) is 9.33. The molecular formula is C15H14N8O5S3. The summed E-state index contributed by atoms with van der Waals surface area (Å²) in [5.41, 5.74) is 5.77. The Balaban J connectivity index is 1.47. The van der Waals surface area contributed by atoms with Crippen LogP contribution < -0.4 is 11.1 Å². The highest BCUT2D eigenvalue weighted by Gasteiger charge is 2.54. The molecule has 4 heterocycles. The van der Waals surface area contributed by atoms with E-state index in [9.17, 15) is 24.3 Å². The fourth-order valence-corrected chi connectivity index (χ4v) is 5.88. The van der Waals surface area contributed by atoms with E-state index in [1.54, 1.807) is 7.05 Å². The molecule has 2 aliphatic rings. The average molecular weight is 483 g/mol. The van der Waals surface area contributed by atoms with Gasteiger partial charge in [-0.05, 0) is 16.0 Å². The molecule has 0 aromatic carbocycles. The van der Waals surface area contributed by atoms with Crippen LogP contribution in [0.4, 0.5) is 5.13 Å². The van der Waals surface area contributed by atoms with Crippen molar-refractivity contribution in [2.75, 3.05) is 17.2 Å². The summed E-state index contributed by atoms with van der Waals surface area (Å²) in [4.78, 5) is 53.8. The number of hydrogen-bond donors (Lipinski definition) is 3. The van der Waals surface area contributed by atoms with E-state index in [4.69, 9.17) is 5.73 Å². The minimum atomic E-state index is -1.25. The van der Waals surface area contributed by atoms with E-state index in [0.29, 0.717) is 16.5 Å². The number of nitrogens with two attached hydrogens (primary N) is 1. The number of Topliss-reactive ketones (excluding diaryl/α,β-unsaturated/α-hetero) is 1. The Labute approximate surface area is 186 Å². The van der Waals surface area contributed by atoms with Crippen LogP contribution in [-0.4, -0.2) is 81.7 Å². The number of β-lactam (4-membered cyclic amide) rings is 1. The first kappa shape index (κ1) is 21.3. The van der Waals surface area contributed by atoms with Gasteiger partial charge in [0.25, 0.3) is 17.6 Å². The predicted octanol–water partition coefficient (Wildman–Crippen LogP) is -1.04. The molecule has 13 nitrogen and oxygen atoms in total. The van der Waals surface area contributed by atoms with E-state index in [1.807, 2.05) is 0 Å². The first-order chi connectivity index (χ1) is 14.8. The summed E-state index contributed by atoms with van der Waals surface area (Å²) in [7, 11) is 1.66. The number of tetrazole rings is 1. The number of ketones is 1. The first-order valence-corrected chi connectivity index (χ1v) is 11.5. The lowest BCUT2D eigenvalue weighted by Gasteiger charge is -2.49. The molecule has 2 amide bonds. The SMILES string of the molecule is Cn1nnnc1SCC1=C(C(=O)O)N2C(=O)C(NC(=O)C(=O)c3csc(N)n3)[C@H]2SC1. The number of fused-ring (bicyclic) bond motifs is 1. The highest BCUT2D eigenvalue weighted by Crippen LogP contribution is 2.41. The van der Waals surface area contributed by atoms with Gasteiger partial charge in [-0.2, -0.15) is 0 Å². The number of nitrogens with zero attached hydrogens (tertiary/aromatic N) is 6. The molecule has 16 heteroatoms. The molecule has 0 radical (unpaired) electrons. The number of aromatic nitrogens is 5. The van der Waals surface area contributed by atoms with Gasteiger partial charge in [-0.1, -0.05) is 11.8 Å². The van der Waals surface area contributed by atoms with Gasteiger partial charge in [0.2, 0.25) is 5.16 Å².